The topological polar surface area (TPSA) is 69.7 Å². The predicted octanol–water partition coefficient (Wildman–Crippen LogP) is 3.28. The lowest BCUT2D eigenvalue weighted by atomic mass is 10.1. The average molecular weight is 430 g/mol. The van der Waals surface area contributed by atoms with Gasteiger partial charge in [0, 0.05) is 25.2 Å². The number of hydrogen-bond donors (Lipinski definition) is 1. The quantitative estimate of drug-likeness (QED) is 0.733. The highest BCUT2D eigenvalue weighted by atomic mass is 32.2. The van der Waals surface area contributed by atoms with Gasteiger partial charge in [-0.2, -0.15) is 4.31 Å². The van der Waals surface area contributed by atoms with Crippen LogP contribution in [0, 0.1) is 0 Å². The minimum atomic E-state index is -3.51. The number of nitrogens with one attached hydrogen (secondary N) is 1. The summed E-state index contributed by atoms with van der Waals surface area (Å²) < 4.78 is 27.4. The summed E-state index contributed by atoms with van der Waals surface area (Å²) in [6.07, 6.45) is 3.93. The molecule has 0 saturated carbocycles. The monoisotopic (exact) mass is 429 g/mol. The number of rotatable bonds is 7. The van der Waals surface area contributed by atoms with Crippen LogP contribution in [0.5, 0.6) is 0 Å². The van der Waals surface area contributed by atoms with Crippen LogP contribution in [0.25, 0.3) is 0 Å². The molecule has 0 radical (unpaired) electrons. The smallest absolute Gasteiger partial charge is 0.251 e. The molecule has 30 heavy (non-hydrogen) atoms. The molecule has 1 saturated heterocycles. The molecule has 0 bridgehead atoms. The molecule has 2 aromatic carbocycles. The van der Waals surface area contributed by atoms with Gasteiger partial charge in [0.25, 0.3) is 5.91 Å². The Bertz CT molecular complexity index is 920. The van der Waals surface area contributed by atoms with Crippen LogP contribution in [0.2, 0.25) is 0 Å². The molecule has 3 rings (SSSR count). The number of benzene rings is 2. The zero-order chi connectivity index (χ0) is 21.6. The lowest BCUT2D eigenvalue weighted by Gasteiger charge is -2.23. The molecular formula is C23H31N3O3S. The Kier molecular flexibility index (Phi) is 7.64. The third-order valence-corrected chi connectivity index (χ3v) is 7.29. The van der Waals surface area contributed by atoms with E-state index in [0.717, 1.165) is 31.2 Å². The third-order valence-electron chi connectivity index (χ3n) is 5.37. The van der Waals surface area contributed by atoms with E-state index in [2.05, 4.69) is 5.32 Å². The molecule has 0 unspecified atom stereocenters. The van der Waals surface area contributed by atoms with Crippen LogP contribution in [0.15, 0.2) is 59.5 Å². The fraction of sp³-hybridized carbons (Fsp3) is 0.435. The van der Waals surface area contributed by atoms with Crippen molar-refractivity contribution < 1.29 is 13.2 Å². The molecule has 0 spiro atoms. The van der Waals surface area contributed by atoms with Crippen molar-refractivity contribution in [2.75, 3.05) is 33.7 Å². The number of carbonyl (C=O) groups excluding carboxylic acids is 1. The highest BCUT2D eigenvalue weighted by molar-refractivity contribution is 7.89. The van der Waals surface area contributed by atoms with Gasteiger partial charge in [-0.25, -0.2) is 8.42 Å². The van der Waals surface area contributed by atoms with Crippen molar-refractivity contribution in [3.8, 4) is 0 Å². The molecule has 2 aromatic rings. The van der Waals surface area contributed by atoms with Crippen molar-refractivity contribution in [1.29, 1.82) is 0 Å². The van der Waals surface area contributed by atoms with Gasteiger partial charge in [-0.3, -0.25) is 4.79 Å². The normalized spacial score (nSPS) is 16.8. The summed E-state index contributed by atoms with van der Waals surface area (Å²) >= 11 is 0. The average Bonchev–Trinajstić information content (AvgIpc) is 3.04. The van der Waals surface area contributed by atoms with Crippen molar-refractivity contribution in [3.05, 3.63) is 65.7 Å². The van der Waals surface area contributed by atoms with E-state index in [0.29, 0.717) is 25.2 Å². The highest BCUT2D eigenvalue weighted by Gasteiger charge is 2.25. The maximum Gasteiger partial charge on any atom is 0.251 e. The summed E-state index contributed by atoms with van der Waals surface area (Å²) in [4.78, 5) is 15.1. The standard InChI is InChI=1S/C23H31N3O3S/c1-25(2)18-22(19-10-6-5-7-11-19)24-23(27)20-12-14-21(15-13-20)30(28,29)26-16-8-3-4-9-17-26/h5-7,10-15,22H,3-4,8-9,16-18H2,1-2H3,(H,24,27)/t22-/m1/s1. The summed E-state index contributed by atoms with van der Waals surface area (Å²) in [5.74, 6) is -0.218. The molecule has 1 heterocycles. The summed E-state index contributed by atoms with van der Waals surface area (Å²) in [6.45, 7) is 1.79. The van der Waals surface area contributed by atoms with Gasteiger partial charge in [0.1, 0.15) is 0 Å². The van der Waals surface area contributed by atoms with E-state index in [1.807, 2.05) is 49.3 Å². The first kappa shape index (κ1) is 22.5. The number of nitrogens with zero attached hydrogens (tertiary/aromatic N) is 2. The highest BCUT2D eigenvalue weighted by Crippen LogP contribution is 2.21. The van der Waals surface area contributed by atoms with E-state index >= 15 is 0 Å². The van der Waals surface area contributed by atoms with E-state index in [9.17, 15) is 13.2 Å². The Morgan fingerprint density at radius 3 is 2.13 bits per heavy atom. The molecule has 6 nitrogen and oxygen atoms in total. The summed E-state index contributed by atoms with van der Waals surface area (Å²) in [5.41, 5.74) is 1.48. The number of amides is 1. The zero-order valence-corrected chi connectivity index (χ0v) is 18.6. The largest absolute Gasteiger partial charge is 0.344 e. The Morgan fingerprint density at radius 2 is 1.57 bits per heavy atom. The van der Waals surface area contributed by atoms with E-state index in [1.54, 1.807) is 28.6 Å². The molecule has 1 N–H and O–H groups in total. The van der Waals surface area contributed by atoms with Crippen LogP contribution in [0.1, 0.15) is 47.6 Å². The fourth-order valence-electron chi connectivity index (χ4n) is 3.74. The van der Waals surface area contributed by atoms with Crippen LogP contribution in [0.3, 0.4) is 0 Å². The first-order chi connectivity index (χ1) is 14.4. The van der Waals surface area contributed by atoms with E-state index in [4.69, 9.17) is 0 Å². The van der Waals surface area contributed by atoms with Gasteiger partial charge in [0.2, 0.25) is 10.0 Å². The van der Waals surface area contributed by atoms with Crippen molar-refractivity contribution in [2.45, 2.75) is 36.6 Å². The Labute approximate surface area is 179 Å². The van der Waals surface area contributed by atoms with E-state index < -0.39 is 10.0 Å². The summed E-state index contributed by atoms with van der Waals surface area (Å²) in [6, 6.07) is 15.9. The summed E-state index contributed by atoms with van der Waals surface area (Å²) in [5, 5.41) is 3.07. The van der Waals surface area contributed by atoms with Crippen LogP contribution in [-0.4, -0.2) is 57.3 Å². The first-order valence-electron chi connectivity index (χ1n) is 10.5. The number of sulfonamides is 1. The second kappa shape index (κ2) is 10.2. The molecule has 1 aliphatic heterocycles. The Balaban J connectivity index is 1.73. The second-order valence-corrected chi connectivity index (χ2v) is 9.98. The minimum Gasteiger partial charge on any atom is -0.344 e. The second-order valence-electron chi connectivity index (χ2n) is 8.04. The van der Waals surface area contributed by atoms with Gasteiger partial charge in [-0.05, 0) is 56.8 Å². The van der Waals surface area contributed by atoms with Crippen LogP contribution < -0.4 is 5.32 Å². The first-order valence-corrected chi connectivity index (χ1v) is 11.9. The third kappa shape index (κ3) is 5.68. The Hall–Kier alpha value is -2.22. The molecule has 1 amide bonds. The fourth-order valence-corrected chi connectivity index (χ4v) is 5.25. The molecule has 0 aromatic heterocycles. The van der Waals surface area contributed by atoms with Gasteiger partial charge in [0.05, 0.1) is 10.9 Å². The lowest BCUT2D eigenvalue weighted by Crippen LogP contribution is -2.35. The van der Waals surface area contributed by atoms with Gasteiger partial charge in [-0.1, -0.05) is 43.2 Å². The number of hydrogen-bond acceptors (Lipinski definition) is 4. The van der Waals surface area contributed by atoms with Crippen LogP contribution >= 0.6 is 0 Å². The maximum absolute atomic E-state index is 12.9. The van der Waals surface area contributed by atoms with Gasteiger partial charge < -0.3 is 10.2 Å². The van der Waals surface area contributed by atoms with Gasteiger partial charge in [0.15, 0.2) is 0 Å². The number of carbonyl (C=O) groups is 1. The molecular weight excluding hydrogens is 398 g/mol. The van der Waals surface area contributed by atoms with Crippen LogP contribution in [-0.2, 0) is 10.0 Å². The minimum absolute atomic E-state index is 0.158. The van der Waals surface area contributed by atoms with Crippen molar-refractivity contribution >= 4 is 15.9 Å². The van der Waals surface area contributed by atoms with Crippen LogP contribution in [0.4, 0.5) is 0 Å². The van der Waals surface area contributed by atoms with E-state index in [1.165, 1.54) is 0 Å². The molecule has 7 heteroatoms. The SMILES string of the molecule is CN(C)C[C@@H](NC(=O)c1ccc(S(=O)(=O)N2CCCCCC2)cc1)c1ccccc1. The van der Waals surface area contributed by atoms with Gasteiger partial charge in [-0.15, -0.1) is 0 Å². The maximum atomic E-state index is 12.9. The van der Waals surface area contributed by atoms with Crippen molar-refractivity contribution in [2.24, 2.45) is 0 Å². The number of likely N-dealkylation sites (N-methyl/N-ethyl adjacent to an activating group) is 1. The van der Waals surface area contributed by atoms with Crippen molar-refractivity contribution in [1.82, 2.24) is 14.5 Å². The summed E-state index contributed by atoms with van der Waals surface area (Å²) in [7, 11) is 0.411. The molecule has 162 valence electrons. The molecule has 1 aliphatic rings. The van der Waals surface area contributed by atoms with Gasteiger partial charge >= 0.3 is 0 Å². The molecule has 0 aliphatic carbocycles. The van der Waals surface area contributed by atoms with E-state index in [-0.39, 0.29) is 16.8 Å². The lowest BCUT2D eigenvalue weighted by molar-refractivity contribution is 0.0930. The predicted molar refractivity (Wildman–Crippen MR) is 119 cm³/mol. The zero-order valence-electron chi connectivity index (χ0n) is 17.8. The molecule has 1 atom stereocenters. The Morgan fingerprint density at radius 1 is 0.967 bits per heavy atom. The molecule has 1 fully saturated rings. The van der Waals surface area contributed by atoms with Crippen molar-refractivity contribution in [3.63, 3.8) is 0 Å².